The zero-order chi connectivity index (χ0) is 19.6. The lowest BCUT2D eigenvalue weighted by atomic mass is 9.55. The Morgan fingerprint density at radius 2 is 1.68 bits per heavy atom. The Morgan fingerprint density at radius 1 is 1.07 bits per heavy atom. The van der Waals surface area contributed by atoms with Crippen LogP contribution < -0.4 is 9.46 Å². The molecule has 5 aliphatic carbocycles. The van der Waals surface area contributed by atoms with Gasteiger partial charge in [-0.25, -0.2) is 17.5 Å². The Kier molecular flexibility index (Phi) is 4.23. The van der Waals surface area contributed by atoms with Crippen LogP contribution in [0.3, 0.4) is 0 Å². The summed E-state index contributed by atoms with van der Waals surface area (Å²) in [6.07, 6.45) is 9.22. The third kappa shape index (κ3) is 3.42. The minimum atomic E-state index is -3.75. The van der Waals surface area contributed by atoms with Gasteiger partial charge in [-0.15, -0.1) is 0 Å². The largest absolute Gasteiger partial charge is 0.489 e. The van der Waals surface area contributed by atoms with Crippen molar-refractivity contribution in [3.63, 3.8) is 0 Å². The molecule has 1 amide bonds. The summed E-state index contributed by atoms with van der Waals surface area (Å²) in [4.78, 5) is 12.2. The number of hydrogen-bond donors (Lipinski definition) is 1. The Bertz CT molecular complexity index is 897. The van der Waals surface area contributed by atoms with E-state index in [4.69, 9.17) is 4.74 Å². The first-order valence-corrected chi connectivity index (χ1v) is 12.2. The van der Waals surface area contributed by atoms with Crippen LogP contribution in [0.5, 0.6) is 5.75 Å². The van der Waals surface area contributed by atoms with E-state index in [1.807, 2.05) is 4.72 Å². The maximum atomic E-state index is 14.7. The maximum Gasteiger partial charge on any atom is 0.267 e. The molecule has 5 fully saturated rings. The van der Waals surface area contributed by atoms with Crippen molar-refractivity contribution < 1.29 is 22.3 Å². The van der Waals surface area contributed by atoms with Crippen LogP contribution in [0.15, 0.2) is 12.1 Å². The molecular weight excluding hydrogens is 381 g/mol. The molecule has 5 nitrogen and oxygen atoms in total. The second-order valence-corrected chi connectivity index (χ2v) is 11.1. The average Bonchev–Trinajstić information content (AvgIpc) is 3.40. The highest BCUT2D eigenvalue weighted by Crippen LogP contribution is 2.55. The maximum absolute atomic E-state index is 14.7. The minimum absolute atomic E-state index is 0.139. The van der Waals surface area contributed by atoms with Crippen molar-refractivity contribution in [2.75, 3.05) is 6.26 Å². The van der Waals surface area contributed by atoms with Crippen LogP contribution in [-0.2, 0) is 10.0 Å². The van der Waals surface area contributed by atoms with E-state index in [1.54, 1.807) is 0 Å². The normalized spacial score (nSPS) is 33.7. The number of carbonyl (C=O) groups is 1. The third-order valence-electron chi connectivity index (χ3n) is 7.04. The van der Waals surface area contributed by atoms with Gasteiger partial charge in [0.15, 0.2) is 0 Å². The van der Waals surface area contributed by atoms with Gasteiger partial charge >= 0.3 is 0 Å². The first kappa shape index (κ1) is 18.4. The monoisotopic (exact) mass is 407 g/mol. The SMILES string of the molecule is CS(=O)(=O)NC(=O)c1cc(C2CC2)c(OC2C3CC4CC(C3)CC2C4)cc1F. The number of carbonyl (C=O) groups excluding carboxylic acids is 1. The van der Waals surface area contributed by atoms with Crippen molar-refractivity contribution in [2.45, 2.75) is 57.0 Å². The molecule has 6 rings (SSSR count). The van der Waals surface area contributed by atoms with Crippen LogP contribution in [0.25, 0.3) is 0 Å². The molecular formula is C21H26FNO4S. The number of ether oxygens (including phenoxy) is 1. The van der Waals surface area contributed by atoms with Crippen molar-refractivity contribution in [3.8, 4) is 5.75 Å². The summed E-state index contributed by atoms with van der Waals surface area (Å²) in [5.41, 5.74) is 0.610. The highest BCUT2D eigenvalue weighted by atomic mass is 32.2. The summed E-state index contributed by atoms with van der Waals surface area (Å²) in [5, 5.41) is 0. The van der Waals surface area contributed by atoms with Gasteiger partial charge in [0, 0.05) is 6.07 Å². The predicted octanol–water partition coefficient (Wildman–Crippen LogP) is 3.60. The van der Waals surface area contributed by atoms with Crippen molar-refractivity contribution in [3.05, 3.63) is 29.1 Å². The van der Waals surface area contributed by atoms with Gasteiger partial charge < -0.3 is 4.74 Å². The molecule has 0 spiro atoms. The Balaban J connectivity index is 1.43. The van der Waals surface area contributed by atoms with Gasteiger partial charge in [0.25, 0.3) is 5.91 Å². The van der Waals surface area contributed by atoms with E-state index in [2.05, 4.69) is 0 Å². The van der Waals surface area contributed by atoms with Crippen LogP contribution in [-0.4, -0.2) is 26.7 Å². The van der Waals surface area contributed by atoms with Crippen LogP contribution in [0.4, 0.5) is 4.39 Å². The highest BCUT2D eigenvalue weighted by molar-refractivity contribution is 7.89. The number of sulfonamides is 1. The second-order valence-electron chi connectivity index (χ2n) is 9.36. The molecule has 7 heteroatoms. The summed E-state index contributed by atoms with van der Waals surface area (Å²) in [5.74, 6) is 1.94. The zero-order valence-corrected chi connectivity index (χ0v) is 16.8. The molecule has 0 saturated heterocycles. The lowest BCUT2D eigenvalue weighted by Gasteiger charge is -2.53. The fraction of sp³-hybridized carbons (Fsp3) is 0.667. The fourth-order valence-electron chi connectivity index (χ4n) is 6.00. The summed E-state index contributed by atoms with van der Waals surface area (Å²) in [6, 6.07) is 2.80. The van der Waals surface area contributed by atoms with Gasteiger partial charge in [0.05, 0.1) is 11.8 Å². The van der Waals surface area contributed by atoms with Gasteiger partial charge in [0.2, 0.25) is 10.0 Å². The van der Waals surface area contributed by atoms with Crippen molar-refractivity contribution >= 4 is 15.9 Å². The molecule has 0 radical (unpaired) electrons. The standard InChI is InChI=1S/C21H26FNO4S/c1-28(25,26)23-21(24)17-9-16(13-2-3-13)19(10-18(17)22)27-20-14-5-11-4-12(7-14)8-15(20)6-11/h9-15,20H,2-8H2,1H3,(H,23,24). The van der Waals surface area contributed by atoms with Gasteiger partial charge in [-0.05, 0) is 86.2 Å². The van der Waals surface area contributed by atoms with E-state index < -0.39 is 21.7 Å². The molecule has 0 heterocycles. The summed E-state index contributed by atoms with van der Waals surface area (Å²) < 4.78 is 45.7. The molecule has 1 aromatic rings. The van der Waals surface area contributed by atoms with Crippen LogP contribution in [0.1, 0.15) is 66.8 Å². The number of hydrogen-bond acceptors (Lipinski definition) is 4. The second kappa shape index (κ2) is 6.44. The lowest BCUT2D eigenvalue weighted by molar-refractivity contribution is -0.0793. The highest BCUT2D eigenvalue weighted by Gasteiger charge is 2.49. The summed E-state index contributed by atoms with van der Waals surface area (Å²) in [6.45, 7) is 0. The lowest BCUT2D eigenvalue weighted by Crippen LogP contribution is -2.50. The zero-order valence-electron chi connectivity index (χ0n) is 16.0. The minimum Gasteiger partial charge on any atom is -0.489 e. The molecule has 0 aromatic heterocycles. The van der Waals surface area contributed by atoms with E-state index in [9.17, 15) is 17.6 Å². The van der Waals surface area contributed by atoms with E-state index >= 15 is 0 Å². The van der Waals surface area contributed by atoms with E-state index in [-0.39, 0.29) is 17.6 Å². The molecule has 0 atom stereocenters. The molecule has 1 N–H and O–H groups in total. The van der Waals surface area contributed by atoms with Crippen LogP contribution in [0.2, 0.25) is 0 Å². The predicted molar refractivity (Wildman–Crippen MR) is 102 cm³/mol. The molecule has 4 bridgehead atoms. The topological polar surface area (TPSA) is 72.5 Å². The molecule has 5 aliphatic rings. The fourth-order valence-corrected chi connectivity index (χ4v) is 6.45. The Hall–Kier alpha value is -1.63. The van der Waals surface area contributed by atoms with Crippen molar-refractivity contribution in [1.82, 2.24) is 4.72 Å². The molecule has 0 unspecified atom stereocenters. The van der Waals surface area contributed by atoms with E-state index in [1.165, 1.54) is 44.2 Å². The summed E-state index contributed by atoms with van der Waals surface area (Å²) >= 11 is 0. The van der Waals surface area contributed by atoms with Gasteiger partial charge in [0.1, 0.15) is 17.7 Å². The van der Waals surface area contributed by atoms with Gasteiger partial charge in [-0.1, -0.05) is 0 Å². The quantitative estimate of drug-likeness (QED) is 0.810. The van der Waals surface area contributed by atoms with Crippen LogP contribution >= 0.6 is 0 Å². The van der Waals surface area contributed by atoms with Gasteiger partial charge in [-0.2, -0.15) is 0 Å². The number of halogens is 1. The molecule has 152 valence electrons. The summed E-state index contributed by atoms with van der Waals surface area (Å²) in [7, 11) is -3.75. The Morgan fingerprint density at radius 3 is 2.21 bits per heavy atom. The smallest absolute Gasteiger partial charge is 0.267 e. The first-order chi connectivity index (χ1) is 13.3. The Labute approximate surface area is 165 Å². The van der Waals surface area contributed by atoms with Gasteiger partial charge in [-0.3, -0.25) is 4.79 Å². The van der Waals surface area contributed by atoms with E-state index in [0.717, 1.165) is 36.5 Å². The third-order valence-corrected chi connectivity index (χ3v) is 7.60. The molecule has 28 heavy (non-hydrogen) atoms. The molecule has 0 aliphatic heterocycles. The van der Waals surface area contributed by atoms with Crippen molar-refractivity contribution in [1.29, 1.82) is 0 Å². The molecule has 5 saturated carbocycles. The van der Waals surface area contributed by atoms with Crippen molar-refractivity contribution in [2.24, 2.45) is 23.7 Å². The number of benzene rings is 1. The van der Waals surface area contributed by atoms with Crippen LogP contribution in [0, 0.1) is 29.5 Å². The van der Waals surface area contributed by atoms with E-state index in [0.29, 0.717) is 17.6 Å². The molecule has 1 aromatic carbocycles. The first-order valence-electron chi connectivity index (χ1n) is 10.3. The number of amides is 1. The number of nitrogens with one attached hydrogen (secondary N) is 1. The number of rotatable bonds is 5. The average molecular weight is 408 g/mol.